The number of aryl methyl sites for hydroxylation is 2. The van der Waals surface area contributed by atoms with Gasteiger partial charge in [-0.25, -0.2) is 0 Å². The number of hydrogen-bond acceptors (Lipinski definition) is 3. The predicted octanol–water partition coefficient (Wildman–Crippen LogP) is 1.95. The van der Waals surface area contributed by atoms with Crippen LogP contribution >= 0.6 is 0 Å². The zero-order chi connectivity index (χ0) is 14.3. The van der Waals surface area contributed by atoms with Crippen molar-refractivity contribution in [3.8, 4) is 0 Å². The summed E-state index contributed by atoms with van der Waals surface area (Å²) in [4.78, 5) is 14.0. The maximum atomic E-state index is 12.0. The van der Waals surface area contributed by atoms with Crippen molar-refractivity contribution in [2.45, 2.75) is 27.2 Å². The maximum absolute atomic E-state index is 12.0. The lowest BCUT2D eigenvalue weighted by Gasteiger charge is -2.19. The Bertz CT molecular complexity index is 419. The molecule has 0 heterocycles. The van der Waals surface area contributed by atoms with E-state index in [1.54, 1.807) is 0 Å². The highest BCUT2D eigenvalue weighted by molar-refractivity contribution is 5.93. The third-order valence-corrected chi connectivity index (χ3v) is 3.11. The summed E-state index contributed by atoms with van der Waals surface area (Å²) in [6.07, 6.45) is 0.699. The van der Waals surface area contributed by atoms with Crippen molar-refractivity contribution in [2.24, 2.45) is 0 Å². The van der Waals surface area contributed by atoms with Crippen LogP contribution in [0, 0.1) is 13.8 Å². The van der Waals surface area contributed by atoms with Gasteiger partial charge in [-0.1, -0.05) is 19.1 Å². The zero-order valence-corrected chi connectivity index (χ0v) is 12.1. The van der Waals surface area contributed by atoms with Crippen LogP contribution in [0.5, 0.6) is 0 Å². The van der Waals surface area contributed by atoms with Crippen LogP contribution in [0.3, 0.4) is 0 Å². The number of nitrogens with one attached hydrogen (secondary N) is 1. The second-order valence-corrected chi connectivity index (χ2v) is 4.81. The van der Waals surface area contributed by atoms with E-state index in [1.165, 1.54) is 0 Å². The number of amides is 1. The molecule has 0 radical (unpaired) electrons. The summed E-state index contributed by atoms with van der Waals surface area (Å²) < 4.78 is 0. The molecule has 1 aromatic rings. The van der Waals surface area contributed by atoms with Gasteiger partial charge in [0.05, 0.1) is 6.54 Å². The number of likely N-dealkylation sites (N-methyl/N-ethyl adjacent to an activating group) is 1. The minimum atomic E-state index is -0.00603. The molecular formula is C15H24N2O2. The summed E-state index contributed by atoms with van der Waals surface area (Å²) in [5.41, 5.74) is 3.08. The normalized spacial score (nSPS) is 10.8. The third kappa shape index (κ3) is 5.41. The average Bonchev–Trinajstić information content (AvgIpc) is 2.38. The fraction of sp³-hybridized carbons (Fsp3) is 0.533. The molecular weight excluding hydrogens is 240 g/mol. The van der Waals surface area contributed by atoms with Crippen LogP contribution in [0.2, 0.25) is 0 Å². The quantitative estimate of drug-likeness (QED) is 0.791. The van der Waals surface area contributed by atoms with Gasteiger partial charge in [0, 0.05) is 18.8 Å². The number of anilines is 1. The van der Waals surface area contributed by atoms with E-state index >= 15 is 0 Å². The van der Waals surface area contributed by atoms with Gasteiger partial charge in [-0.05, 0) is 44.0 Å². The van der Waals surface area contributed by atoms with E-state index in [4.69, 9.17) is 5.11 Å². The lowest BCUT2D eigenvalue weighted by Crippen LogP contribution is -2.34. The molecule has 0 atom stereocenters. The highest BCUT2D eigenvalue weighted by Crippen LogP contribution is 2.16. The van der Waals surface area contributed by atoms with Gasteiger partial charge in [-0.2, -0.15) is 0 Å². The Hall–Kier alpha value is -1.39. The van der Waals surface area contributed by atoms with Crippen molar-refractivity contribution in [2.75, 3.05) is 31.6 Å². The Morgan fingerprint density at radius 1 is 1.37 bits per heavy atom. The van der Waals surface area contributed by atoms with Crippen LogP contribution in [0.25, 0.3) is 0 Å². The molecule has 0 saturated heterocycles. The Morgan fingerprint density at radius 2 is 2.11 bits per heavy atom. The van der Waals surface area contributed by atoms with E-state index in [9.17, 15) is 4.79 Å². The molecule has 1 rings (SSSR count). The topological polar surface area (TPSA) is 52.6 Å². The van der Waals surface area contributed by atoms with Crippen LogP contribution in [-0.2, 0) is 4.79 Å². The Kier molecular flexibility index (Phi) is 6.53. The summed E-state index contributed by atoms with van der Waals surface area (Å²) >= 11 is 0. The van der Waals surface area contributed by atoms with Crippen LogP contribution in [-0.4, -0.2) is 42.2 Å². The highest BCUT2D eigenvalue weighted by Gasteiger charge is 2.10. The number of benzene rings is 1. The molecule has 0 spiro atoms. The maximum Gasteiger partial charge on any atom is 0.238 e. The molecule has 4 nitrogen and oxygen atoms in total. The molecule has 1 aromatic carbocycles. The molecule has 0 aliphatic heterocycles. The summed E-state index contributed by atoms with van der Waals surface area (Å²) in [6.45, 7) is 8.09. The fourth-order valence-corrected chi connectivity index (χ4v) is 1.91. The van der Waals surface area contributed by atoms with Gasteiger partial charge >= 0.3 is 0 Å². The molecule has 0 aromatic heterocycles. The van der Waals surface area contributed by atoms with Crippen molar-refractivity contribution >= 4 is 11.6 Å². The first kappa shape index (κ1) is 15.7. The first-order chi connectivity index (χ1) is 9.06. The molecule has 2 N–H and O–H groups in total. The molecule has 19 heavy (non-hydrogen) atoms. The van der Waals surface area contributed by atoms with Crippen molar-refractivity contribution in [3.05, 3.63) is 29.3 Å². The van der Waals surface area contributed by atoms with E-state index in [2.05, 4.69) is 5.32 Å². The van der Waals surface area contributed by atoms with Crippen molar-refractivity contribution in [3.63, 3.8) is 0 Å². The highest BCUT2D eigenvalue weighted by atomic mass is 16.3. The van der Waals surface area contributed by atoms with Crippen molar-refractivity contribution in [1.82, 2.24) is 4.90 Å². The summed E-state index contributed by atoms with van der Waals surface area (Å²) in [5.74, 6) is -0.00603. The van der Waals surface area contributed by atoms with Crippen LogP contribution in [0.15, 0.2) is 18.2 Å². The van der Waals surface area contributed by atoms with Crippen LogP contribution < -0.4 is 5.32 Å². The Balaban J connectivity index is 2.56. The van der Waals surface area contributed by atoms with Crippen LogP contribution in [0.1, 0.15) is 24.5 Å². The van der Waals surface area contributed by atoms with E-state index in [-0.39, 0.29) is 12.5 Å². The van der Waals surface area contributed by atoms with Gasteiger partial charge in [0.1, 0.15) is 0 Å². The zero-order valence-electron chi connectivity index (χ0n) is 12.1. The summed E-state index contributed by atoms with van der Waals surface area (Å²) in [5, 5.41) is 11.8. The molecule has 0 aliphatic rings. The number of aliphatic hydroxyl groups is 1. The standard InChI is InChI=1S/C15H24N2O2/c1-4-17(8-5-9-18)11-15(19)16-14-10-12(2)6-7-13(14)3/h6-7,10,18H,4-5,8-9,11H2,1-3H3,(H,16,19). The third-order valence-electron chi connectivity index (χ3n) is 3.11. The van der Waals surface area contributed by atoms with E-state index in [0.717, 1.165) is 29.9 Å². The smallest absolute Gasteiger partial charge is 0.238 e. The van der Waals surface area contributed by atoms with E-state index in [0.29, 0.717) is 13.0 Å². The van der Waals surface area contributed by atoms with Crippen LogP contribution in [0.4, 0.5) is 5.69 Å². The second kappa shape index (κ2) is 7.92. The number of carbonyl (C=O) groups is 1. The lowest BCUT2D eigenvalue weighted by molar-refractivity contribution is -0.117. The first-order valence-corrected chi connectivity index (χ1v) is 6.77. The van der Waals surface area contributed by atoms with E-state index in [1.807, 2.05) is 43.9 Å². The minimum Gasteiger partial charge on any atom is -0.396 e. The molecule has 4 heteroatoms. The Morgan fingerprint density at radius 3 is 2.74 bits per heavy atom. The molecule has 0 unspecified atom stereocenters. The number of hydrogen-bond donors (Lipinski definition) is 2. The molecule has 0 saturated carbocycles. The Labute approximate surface area is 115 Å². The summed E-state index contributed by atoms with van der Waals surface area (Å²) in [7, 11) is 0. The largest absolute Gasteiger partial charge is 0.396 e. The molecule has 106 valence electrons. The van der Waals surface area contributed by atoms with Crippen molar-refractivity contribution < 1.29 is 9.90 Å². The molecule has 0 fully saturated rings. The first-order valence-electron chi connectivity index (χ1n) is 6.77. The number of carbonyl (C=O) groups excluding carboxylic acids is 1. The number of nitrogens with zero attached hydrogens (tertiary/aromatic N) is 1. The van der Waals surface area contributed by atoms with Gasteiger partial charge < -0.3 is 10.4 Å². The van der Waals surface area contributed by atoms with Crippen molar-refractivity contribution in [1.29, 1.82) is 0 Å². The monoisotopic (exact) mass is 264 g/mol. The average molecular weight is 264 g/mol. The van der Waals surface area contributed by atoms with E-state index < -0.39 is 0 Å². The number of rotatable bonds is 7. The molecule has 0 aliphatic carbocycles. The lowest BCUT2D eigenvalue weighted by atomic mass is 10.1. The molecule has 0 bridgehead atoms. The van der Waals surface area contributed by atoms with Gasteiger partial charge in [0.25, 0.3) is 0 Å². The molecule has 1 amide bonds. The van der Waals surface area contributed by atoms with Gasteiger partial charge in [0.15, 0.2) is 0 Å². The van der Waals surface area contributed by atoms with Gasteiger partial charge in [0.2, 0.25) is 5.91 Å². The predicted molar refractivity (Wildman–Crippen MR) is 78.4 cm³/mol. The second-order valence-electron chi connectivity index (χ2n) is 4.81. The minimum absolute atomic E-state index is 0.00603. The number of aliphatic hydroxyl groups excluding tert-OH is 1. The summed E-state index contributed by atoms with van der Waals surface area (Å²) in [6, 6.07) is 6.02. The fourth-order valence-electron chi connectivity index (χ4n) is 1.91. The van der Waals surface area contributed by atoms with Gasteiger partial charge in [-0.3, -0.25) is 9.69 Å². The SMILES string of the molecule is CCN(CCCO)CC(=O)Nc1cc(C)ccc1C. The van der Waals surface area contributed by atoms with Gasteiger partial charge in [-0.15, -0.1) is 0 Å².